The van der Waals surface area contributed by atoms with E-state index in [1.807, 2.05) is 17.5 Å². The highest BCUT2D eigenvalue weighted by Gasteiger charge is 2.64. The number of nitrogen functional groups attached to an aromatic ring is 1. The molecular weight excluding hydrogens is 566 g/mol. The largest absolute Gasteiger partial charge is 0.461 e. The number of ether oxygens (including phenoxy) is 1. The summed E-state index contributed by atoms with van der Waals surface area (Å²) in [5.41, 5.74) is 8.16. The van der Waals surface area contributed by atoms with Crippen LogP contribution in [0.15, 0.2) is 35.7 Å². The lowest BCUT2D eigenvalue weighted by Crippen LogP contribution is -2.51. The molecule has 0 spiro atoms. The molecule has 2 aliphatic carbocycles. The first-order valence-corrected chi connectivity index (χ1v) is 15.4. The van der Waals surface area contributed by atoms with Crippen molar-refractivity contribution in [3.63, 3.8) is 0 Å². The fraction of sp³-hybridized carbons (Fsp3) is 0.419. The maximum Gasteiger partial charge on any atom is 0.334 e. The molecule has 0 aliphatic heterocycles. The topological polar surface area (TPSA) is 172 Å². The average Bonchev–Trinajstić information content (AvgIpc) is 3.36. The summed E-state index contributed by atoms with van der Waals surface area (Å²) in [5.74, 6) is -0.904. The summed E-state index contributed by atoms with van der Waals surface area (Å²) in [4.78, 5) is 49.3. The maximum atomic E-state index is 13.6. The van der Waals surface area contributed by atoms with Crippen LogP contribution in [0.1, 0.15) is 81.1 Å². The fourth-order valence-corrected chi connectivity index (χ4v) is 6.27. The highest BCUT2D eigenvalue weighted by atomic mass is 32.1. The Morgan fingerprint density at radius 3 is 2.53 bits per heavy atom. The number of carbonyl (C=O) groups excluding carboxylic acids is 3. The van der Waals surface area contributed by atoms with E-state index in [0.29, 0.717) is 34.4 Å². The predicted octanol–water partition coefficient (Wildman–Crippen LogP) is 3.94. The van der Waals surface area contributed by atoms with Crippen LogP contribution in [0.5, 0.6) is 0 Å². The molecule has 1 aromatic carbocycles. The van der Waals surface area contributed by atoms with Gasteiger partial charge in [0.2, 0.25) is 5.95 Å². The highest BCUT2D eigenvalue weighted by Crippen LogP contribution is 2.40. The lowest BCUT2D eigenvalue weighted by molar-refractivity contribution is -0.152. The zero-order valence-corrected chi connectivity index (χ0v) is 25.2. The number of rotatable bonds is 12. The molecule has 11 nitrogen and oxygen atoms in total. The van der Waals surface area contributed by atoms with Gasteiger partial charge in [0.15, 0.2) is 5.54 Å². The lowest BCUT2D eigenvalue weighted by Gasteiger charge is -2.22. The standard InChI is InChI=1S/C31H37N7O4S/c1-18-26(19(2)36-30(35-18)34-14-6-9-20-8-5-12-23(33)22(20)17-32)28(40)38-31(29(41)42-21-10-3-4-11-21)16-25(31)37-27(39)24-13-7-15-43-24/h5,7-8,12-13,15,17,21,25,32H,3-4,6,9-11,14,16,33H2,1-2H3,(H,37,39)(H,38,40)(H,34,35,36)/t25-,31?/m1/s1. The number of aromatic nitrogens is 2. The molecule has 2 saturated carbocycles. The predicted molar refractivity (Wildman–Crippen MR) is 166 cm³/mol. The third-order valence-electron chi connectivity index (χ3n) is 8.07. The normalized spacial score (nSPS) is 19.4. The number of anilines is 2. The van der Waals surface area contributed by atoms with Crippen molar-refractivity contribution in [3.8, 4) is 0 Å². The second-order valence-electron chi connectivity index (χ2n) is 11.1. The van der Waals surface area contributed by atoms with Gasteiger partial charge in [0.1, 0.15) is 6.10 Å². The summed E-state index contributed by atoms with van der Waals surface area (Å²) in [7, 11) is 0. The molecule has 6 N–H and O–H groups in total. The van der Waals surface area contributed by atoms with E-state index in [1.165, 1.54) is 17.6 Å². The smallest absolute Gasteiger partial charge is 0.334 e. The molecule has 2 aliphatic rings. The minimum atomic E-state index is -1.35. The van der Waals surface area contributed by atoms with E-state index in [-0.39, 0.29) is 24.0 Å². The third kappa shape index (κ3) is 6.69. The Hall–Kier alpha value is -4.32. The maximum absolute atomic E-state index is 13.6. The summed E-state index contributed by atoms with van der Waals surface area (Å²) in [6.07, 6.45) is 6.42. The van der Waals surface area contributed by atoms with Crippen LogP contribution in [0.25, 0.3) is 0 Å². The second kappa shape index (κ2) is 12.9. The van der Waals surface area contributed by atoms with Gasteiger partial charge in [0.25, 0.3) is 11.8 Å². The molecular formula is C31H37N7O4S. The Kier molecular flexibility index (Phi) is 9.05. The SMILES string of the molecule is Cc1nc(NCCCc2cccc(N)c2C=N)nc(C)c1C(=O)NC1(C(=O)OC2CCCC2)C[C@H]1NC(=O)c1cccs1. The van der Waals surface area contributed by atoms with Crippen molar-refractivity contribution in [2.75, 3.05) is 17.6 Å². The molecule has 2 aromatic heterocycles. The van der Waals surface area contributed by atoms with Crippen molar-refractivity contribution in [1.82, 2.24) is 20.6 Å². The van der Waals surface area contributed by atoms with Crippen molar-refractivity contribution >= 4 is 47.0 Å². The Labute approximate surface area is 254 Å². The fourth-order valence-electron chi connectivity index (χ4n) is 5.65. The third-order valence-corrected chi connectivity index (χ3v) is 8.93. The van der Waals surface area contributed by atoms with Crippen LogP contribution in [-0.4, -0.2) is 58.2 Å². The van der Waals surface area contributed by atoms with Crippen molar-refractivity contribution in [1.29, 1.82) is 5.41 Å². The van der Waals surface area contributed by atoms with Crippen LogP contribution >= 0.6 is 11.3 Å². The van der Waals surface area contributed by atoms with Crippen LogP contribution in [0.4, 0.5) is 11.6 Å². The number of hydrogen-bond donors (Lipinski definition) is 5. The molecule has 2 amide bonds. The summed E-state index contributed by atoms with van der Waals surface area (Å²) in [5, 5.41) is 18.4. The van der Waals surface area contributed by atoms with Crippen molar-refractivity contribution < 1.29 is 19.1 Å². The van der Waals surface area contributed by atoms with Gasteiger partial charge in [-0.2, -0.15) is 0 Å². The van der Waals surface area contributed by atoms with Gasteiger partial charge in [0.05, 0.1) is 27.9 Å². The van der Waals surface area contributed by atoms with Gasteiger partial charge in [-0.3, -0.25) is 9.59 Å². The quantitative estimate of drug-likeness (QED) is 0.0896. The van der Waals surface area contributed by atoms with E-state index < -0.39 is 23.5 Å². The summed E-state index contributed by atoms with van der Waals surface area (Å²) >= 11 is 1.31. The zero-order valence-electron chi connectivity index (χ0n) is 24.4. The van der Waals surface area contributed by atoms with Crippen LogP contribution in [0.3, 0.4) is 0 Å². The molecule has 2 heterocycles. The van der Waals surface area contributed by atoms with Crippen molar-refractivity contribution in [2.45, 2.75) is 76.5 Å². The van der Waals surface area contributed by atoms with Crippen molar-refractivity contribution in [3.05, 3.63) is 68.7 Å². The molecule has 5 rings (SSSR count). The van der Waals surface area contributed by atoms with E-state index in [9.17, 15) is 14.4 Å². The molecule has 12 heteroatoms. The number of amides is 2. The van der Waals surface area contributed by atoms with Gasteiger partial charge < -0.3 is 31.8 Å². The lowest BCUT2D eigenvalue weighted by atomic mass is 10.0. The molecule has 0 radical (unpaired) electrons. The zero-order chi connectivity index (χ0) is 30.6. The number of nitrogens with one attached hydrogen (secondary N) is 4. The minimum Gasteiger partial charge on any atom is -0.461 e. The first-order valence-electron chi connectivity index (χ1n) is 14.6. The average molecular weight is 604 g/mol. The number of aryl methyl sites for hydroxylation is 3. The molecule has 226 valence electrons. The Morgan fingerprint density at radius 2 is 1.86 bits per heavy atom. The van der Waals surface area contributed by atoms with E-state index in [4.69, 9.17) is 15.9 Å². The molecule has 2 fully saturated rings. The number of esters is 1. The van der Waals surface area contributed by atoms with E-state index in [1.54, 1.807) is 32.0 Å². The number of thiophene rings is 1. The number of carbonyl (C=O) groups is 3. The number of nitrogens with zero attached hydrogens (tertiary/aromatic N) is 2. The van der Waals surface area contributed by atoms with Crippen molar-refractivity contribution in [2.24, 2.45) is 0 Å². The van der Waals surface area contributed by atoms with Crippen LogP contribution < -0.4 is 21.7 Å². The van der Waals surface area contributed by atoms with E-state index >= 15 is 0 Å². The van der Waals surface area contributed by atoms with Gasteiger partial charge in [-0.15, -0.1) is 11.3 Å². The Balaban J connectivity index is 1.24. The monoisotopic (exact) mass is 603 g/mol. The van der Waals surface area contributed by atoms with Gasteiger partial charge >= 0.3 is 5.97 Å². The summed E-state index contributed by atoms with van der Waals surface area (Å²) < 4.78 is 5.80. The molecule has 2 atom stereocenters. The number of hydrogen-bond acceptors (Lipinski definition) is 10. The van der Waals surface area contributed by atoms with Gasteiger partial charge in [-0.05, 0) is 75.4 Å². The minimum absolute atomic E-state index is 0.177. The number of benzene rings is 1. The summed E-state index contributed by atoms with van der Waals surface area (Å²) in [6, 6.07) is 8.53. The first kappa shape index (κ1) is 30.1. The Bertz CT molecular complexity index is 1500. The van der Waals surface area contributed by atoms with Crippen LogP contribution in [-0.2, 0) is 16.0 Å². The van der Waals surface area contributed by atoms with E-state index in [0.717, 1.165) is 49.7 Å². The highest BCUT2D eigenvalue weighted by molar-refractivity contribution is 7.12. The van der Waals surface area contributed by atoms with E-state index in [2.05, 4.69) is 25.9 Å². The van der Waals surface area contributed by atoms with Crippen LogP contribution in [0.2, 0.25) is 0 Å². The summed E-state index contributed by atoms with van der Waals surface area (Å²) in [6.45, 7) is 4.03. The molecule has 0 saturated heterocycles. The molecule has 43 heavy (non-hydrogen) atoms. The Morgan fingerprint density at radius 1 is 1.12 bits per heavy atom. The number of nitrogens with two attached hydrogens (primary N) is 1. The molecule has 3 aromatic rings. The second-order valence-corrected chi connectivity index (χ2v) is 12.1. The first-order chi connectivity index (χ1) is 20.7. The van der Waals surface area contributed by atoms with Gasteiger partial charge in [0, 0.05) is 30.4 Å². The van der Waals surface area contributed by atoms with Crippen LogP contribution in [0, 0.1) is 19.3 Å². The molecule has 1 unspecified atom stereocenters. The van der Waals surface area contributed by atoms with Gasteiger partial charge in [-0.25, -0.2) is 14.8 Å². The van der Waals surface area contributed by atoms with Gasteiger partial charge in [-0.1, -0.05) is 18.2 Å². The molecule has 0 bridgehead atoms.